The summed E-state index contributed by atoms with van der Waals surface area (Å²) in [4.78, 5) is 15.7. The standard InChI is InChI=1S/C13H17N3O2S/c1-4-11-10(7-16(2)15-11)13-14-9(8-19-13)5-6-12(17)18-3/h7-8H,4-6H2,1-3H3. The molecule has 0 unspecified atom stereocenters. The van der Waals surface area contributed by atoms with Crippen molar-refractivity contribution in [1.29, 1.82) is 0 Å². The maximum Gasteiger partial charge on any atom is 0.305 e. The van der Waals surface area contributed by atoms with Crippen LogP contribution in [0, 0.1) is 0 Å². The molecule has 0 atom stereocenters. The van der Waals surface area contributed by atoms with Gasteiger partial charge in [0.1, 0.15) is 5.01 Å². The van der Waals surface area contributed by atoms with E-state index < -0.39 is 0 Å². The zero-order valence-electron chi connectivity index (χ0n) is 11.3. The largest absolute Gasteiger partial charge is 0.469 e. The summed E-state index contributed by atoms with van der Waals surface area (Å²) in [5.41, 5.74) is 3.06. The molecule has 0 N–H and O–H groups in total. The van der Waals surface area contributed by atoms with Gasteiger partial charge in [-0.1, -0.05) is 6.92 Å². The van der Waals surface area contributed by atoms with E-state index in [4.69, 9.17) is 0 Å². The highest BCUT2D eigenvalue weighted by Gasteiger charge is 2.13. The molecule has 0 radical (unpaired) electrons. The number of methoxy groups -OCH3 is 1. The molecule has 0 bridgehead atoms. The molecule has 0 saturated carbocycles. The van der Waals surface area contributed by atoms with Crippen molar-refractivity contribution < 1.29 is 9.53 Å². The van der Waals surface area contributed by atoms with Gasteiger partial charge in [-0.05, 0) is 6.42 Å². The maximum absolute atomic E-state index is 11.1. The molecule has 6 heteroatoms. The fraction of sp³-hybridized carbons (Fsp3) is 0.462. The van der Waals surface area contributed by atoms with Gasteiger partial charge in [-0.15, -0.1) is 11.3 Å². The van der Waals surface area contributed by atoms with Crippen molar-refractivity contribution in [3.05, 3.63) is 23.0 Å². The van der Waals surface area contributed by atoms with E-state index in [9.17, 15) is 4.79 Å². The molecule has 2 heterocycles. The maximum atomic E-state index is 11.1. The summed E-state index contributed by atoms with van der Waals surface area (Å²) >= 11 is 1.59. The van der Waals surface area contributed by atoms with Crippen LogP contribution in [-0.2, 0) is 29.4 Å². The molecule has 2 aromatic heterocycles. The minimum Gasteiger partial charge on any atom is -0.469 e. The van der Waals surface area contributed by atoms with Gasteiger partial charge in [-0.25, -0.2) is 4.98 Å². The molecule has 5 nitrogen and oxygen atoms in total. The second-order valence-electron chi connectivity index (χ2n) is 4.24. The van der Waals surface area contributed by atoms with Gasteiger partial charge in [-0.3, -0.25) is 9.48 Å². The quantitative estimate of drug-likeness (QED) is 0.787. The molecule has 102 valence electrons. The molecular formula is C13H17N3O2S. The third-order valence-corrected chi connectivity index (χ3v) is 3.76. The van der Waals surface area contributed by atoms with Crippen LogP contribution < -0.4 is 0 Å². The van der Waals surface area contributed by atoms with Crippen LogP contribution in [0.3, 0.4) is 0 Å². The van der Waals surface area contributed by atoms with Crippen LogP contribution in [0.15, 0.2) is 11.6 Å². The molecule has 0 spiro atoms. The van der Waals surface area contributed by atoms with Crippen LogP contribution in [-0.4, -0.2) is 27.8 Å². The Kier molecular flexibility index (Phi) is 4.31. The number of hydrogen-bond acceptors (Lipinski definition) is 5. The summed E-state index contributed by atoms with van der Waals surface area (Å²) in [5, 5.41) is 7.37. The van der Waals surface area contributed by atoms with Crippen LogP contribution in [0.4, 0.5) is 0 Å². The molecule has 2 rings (SSSR count). The Balaban J connectivity index is 2.14. The van der Waals surface area contributed by atoms with Crippen molar-refractivity contribution in [2.75, 3.05) is 7.11 Å². The Hall–Kier alpha value is -1.69. The molecule has 0 aromatic carbocycles. The Morgan fingerprint density at radius 1 is 1.53 bits per heavy atom. The number of aryl methyl sites for hydroxylation is 3. The Labute approximate surface area is 116 Å². The highest BCUT2D eigenvalue weighted by Crippen LogP contribution is 2.27. The fourth-order valence-electron chi connectivity index (χ4n) is 1.85. The predicted molar refractivity (Wildman–Crippen MR) is 74.0 cm³/mol. The molecule has 0 amide bonds. The summed E-state index contributed by atoms with van der Waals surface area (Å²) < 4.78 is 6.44. The van der Waals surface area contributed by atoms with Crippen molar-refractivity contribution in [2.24, 2.45) is 7.05 Å². The third-order valence-electron chi connectivity index (χ3n) is 2.84. The van der Waals surface area contributed by atoms with E-state index in [0.717, 1.165) is 28.4 Å². The monoisotopic (exact) mass is 279 g/mol. The summed E-state index contributed by atoms with van der Waals surface area (Å²) in [5.74, 6) is -0.204. The molecule has 0 aliphatic carbocycles. The zero-order chi connectivity index (χ0) is 13.8. The van der Waals surface area contributed by atoms with Crippen LogP contribution in [0.1, 0.15) is 24.7 Å². The van der Waals surface area contributed by atoms with Gasteiger partial charge in [0.15, 0.2) is 0 Å². The second-order valence-corrected chi connectivity index (χ2v) is 5.09. The highest BCUT2D eigenvalue weighted by atomic mass is 32.1. The highest BCUT2D eigenvalue weighted by molar-refractivity contribution is 7.13. The van der Waals surface area contributed by atoms with Gasteiger partial charge < -0.3 is 4.74 Å². The van der Waals surface area contributed by atoms with Crippen molar-refractivity contribution in [3.8, 4) is 10.6 Å². The first kappa shape index (κ1) is 13.7. The number of nitrogens with zero attached hydrogens (tertiary/aromatic N) is 3. The molecule has 0 aliphatic heterocycles. The van der Waals surface area contributed by atoms with Crippen molar-refractivity contribution in [1.82, 2.24) is 14.8 Å². The molecule has 0 saturated heterocycles. The number of ether oxygens (including phenoxy) is 1. The lowest BCUT2D eigenvalue weighted by Gasteiger charge is -1.96. The smallest absolute Gasteiger partial charge is 0.305 e. The van der Waals surface area contributed by atoms with E-state index in [1.54, 1.807) is 11.3 Å². The Morgan fingerprint density at radius 2 is 2.32 bits per heavy atom. The summed E-state index contributed by atoms with van der Waals surface area (Å²) in [6.07, 6.45) is 3.85. The van der Waals surface area contributed by atoms with Gasteiger partial charge in [0, 0.05) is 25.0 Å². The number of hydrogen-bond donors (Lipinski definition) is 0. The van der Waals surface area contributed by atoms with Gasteiger partial charge in [0.25, 0.3) is 0 Å². The SMILES string of the molecule is CCc1nn(C)cc1-c1nc(CCC(=O)OC)cs1. The van der Waals surface area contributed by atoms with Crippen LogP contribution in [0.5, 0.6) is 0 Å². The van der Waals surface area contributed by atoms with E-state index in [0.29, 0.717) is 12.8 Å². The normalized spacial score (nSPS) is 10.7. The number of esters is 1. The average Bonchev–Trinajstić information content (AvgIpc) is 3.01. The van der Waals surface area contributed by atoms with E-state index in [-0.39, 0.29) is 5.97 Å². The number of carbonyl (C=O) groups excluding carboxylic acids is 1. The average molecular weight is 279 g/mol. The molecular weight excluding hydrogens is 262 g/mol. The van der Waals surface area contributed by atoms with Crippen LogP contribution >= 0.6 is 11.3 Å². The predicted octanol–water partition coefficient (Wildman–Crippen LogP) is 2.21. The lowest BCUT2D eigenvalue weighted by atomic mass is 10.2. The Bertz CT molecular complexity index is 574. The van der Waals surface area contributed by atoms with E-state index in [1.807, 2.05) is 23.3 Å². The number of thiazole rings is 1. The first-order valence-corrected chi connectivity index (χ1v) is 7.06. The molecule has 2 aromatic rings. The minimum absolute atomic E-state index is 0.204. The third kappa shape index (κ3) is 3.20. The zero-order valence-corrected chi connectivity index (χ0v) is 12.2. The Morgan fingerprint density at radius 3 is 3.00 bits per heavy atom. The van der Waals surface area contributed by atoms with Crippen molar-refractivity contribution >= 4 is 17.3 Å². The van der Waals surface area contributed by atoms with E-state index in [2.05, 4.69) is 21.7 Å². The number of aromatic nitrogens is 3. The first-order valence-electron chi connectivity index (χ1n) is 6.18. The molecule has 0 fully saturated rings. The van der Waals surface area contributed by atoms with Gasteiger partial charge in [0.05, 0.1) is 30.5 Å². The molecule has 19 heavy (non-hydrogen) atoms. The van der Waals surface area contributed by atoms with E-state index >= 15 is 0 Å². The first-order chi connectivity index (χ1) is 9.13. The fourth-order valence-corrected chi connectivity index (χ4v) is 2.74. The summed E-state index contributed by atoms with van der Waals surface area (Å²) in [6.45, 7) is 2.08. The number of carbonyl (C=O) groups is 1. The summed E-state index contributed by atoms with van der Waals surface area (Å²) in [7, 11) is 3.31. The van der Waals surface area contributed by atoms with Crippen molar-refractivity contribution in [2.45, 2.75) is 26.2 Å². The summed E-state index contributed by atoms with van der Waals surface area (Å²) in [6, 6.07) is 0. The van der Waals surface area contributed by atoms with Crippen LogP contribution in [0.2, 0.25) is 0 Å². The van der Waals surface area contributed by atoms with Gasteiger partial charge >= 0.3 is 5.97 Å². The van der Waals surface area contributed by atoms with Crippen LogP contribution in [0.25, 0.3) is 10.6 Å². The van der Waals surface area contributed by atoms with Crippen molar-refractivity contribution in [3.63, 3.8) is 0 Å². The minimum atomic E-state index is -0.204. The topological polar surface area (TPSA) is 57.0 Å². The van der Waals surface area contributed by atoms with Gasteiger partial charge in [0.2, 0.25) is 0 Å². The lowest BCUT2D eigenvalue weighted by Crippen LogP contribution is -2.01. The second kappa shape index (κ2) is 5.97. The lowest BCUT2D eigenvalue weighted by molar-refractivity contribution is -0.140. The number of rotatable bonds is 5. The van der Waals surface area contributed by atoms with Gasteiger partial charge in [-0.2, -0.15) is 5.10 Å². The molecule has 0 aliphatic rings. The van der Waals surface area contributed by atoms with E-state index in [1.165, 1.54) is 7.11 Å².